The summed E-state index contributed by atoms with van der Waals surface area (Å²) in [6.07, 6.45) is 6.22. The Morgan fingerprint density at radius 3 is 1.80 bits per heavy atom. The Hall–Kier alpha value is -5.71. The standard InChI is InChI=1S/C42H29N3S/c1-3-28(29-13-5-4-6-14-29)23-35-27(2)46-42-37(35)25-31(26-43-42)45-40-20-12-9-17-34(40)36-24-30(21-22-41(36)45)44-38-18-10-7-15-32(38)33-16-8-11-19-39(33)44/h3-26H,1H2,2H3/b28-23+. The summed E-state index contributed by atoms with van der Waals surface area (Å²) in [6, 6.07) is 45.7. The second kappa shape index (κ2) is 10.4. The number of hydrogen-bond acceptors (Lipinski definition) is 2. The number of hydrogen-bond donors (Lipinski definition) is 0. The first-order chi connectivity index (χ1) is 22.7. The summed E-state index contributed by atoms with van der Waals surface area (Å²) in [6.45, 7) is 6.31. The van der Waals surface area contributed by atoms with Crippen molar-refractivity contribution in [2.45, 2.75) is 6.92 Å². The molecule has 4 aromatic heterocycles. The molecule has 0 atom stereocenters. The van der Waals surface area contributed by atoms with E-state index in [0.29, 0.717) is 0 Å². The van der Waals surface area contributed by atoms with Crippen LogP contribution in [0, 0.1) is 6.92 Å². The fourth-order valence-electron chi connectivity index (χ4n) is 7.03. The molecular weight excluding hydrogens is 579 g/mol. The molecule has 0 fully saturated rings. The van der Waals surface area contributed by atoms with Crippen molar-refractivity contribution in [2.75, 3.05) is 0 Å². The Bertz CT molecular complexity index is 2610. The number of nitrogens with zero attached hydrogens (tertiary/aromatic N) is 3. The fraction of sp³-hybridized carbons (Fsp3) is 0.0238. The zero-order valence-corrected chi connectivity index (χ0v) is 26.1. The largest absolute Gasteiger partial charge is 0.309 e. The third-order valence-electron chi connectivity index (χ3n) is 9.14. The lowest BCUT2D eigenvalue weighted by Crippen LogP contribution is -1.96. The molecule has 0 saturated heterocycles. The molecule has 5 aromatic carbocycles. The molecule has 0 aliphatic carbocycles. The Morgan fingerprint density at radius 1 is 0.609 bits per heavy atom. The first-order valence-electron chi connectivity index (χ1n) is 15.5. The number of thiophene rings is 1. The van der Waals surface area contributed by atoms with Crippen molar-refractivity contribution in [3.63, 3.8) is 0 Å². The molecule has 0 N–H and O–H groups in total. The van der Waals surface area contributed by atoms with Gasteiger partial charge in [0.25, 0.3) is 0 Å². The number of aryl methyl sites for hydroxylation is 1. The van der Waals surface area contributed by atoms with E-state index in [1.165, 1.54) is 43.0 Å². The topological polar surface area (TPSA) is 22.8 Å². The Balaban J connectivity index is 1.26. The second-order valence-corrected chi connectivity index (χ2v) is 12.9. The maximum Gasteiger partial charge on any atom is 0.124 e. The number of fused-ring (bicyclic) bond motifs is 7. The van der Waals surface area contributed by atoms with Crippen LogP contribution in [0.3, 0.4) is 0 Å². The highest BCUT2D eigenvalue weighted by molar-refractivity contribution is 7.18. The van der Waals surface area contributed by atoms with Gasteiger partial charge < -0.3 is 9.13 Å². The summed E-state index contributed by atoms with van der Waals surface area (Å²) in [5.74, 6) is 0. The lowest BCUT2D eigenvalue weighted by atomic mass is 10.0. The van der Waals surface area contributed by atoms with Crippen molar-refractivity contribution >= 4 is 76.8 Å². The van der Waals surface area contributed by atoms with Crippen LogP contribution in [0.5, 0.6) is 0 Å². The van der Waals surface area contributed by atoms with E-state index in [9.17, 15) is 0 Å². The molecule has 4 heterocycles. The van der Waals surface area contributed by atoms with Crippen LogP contribution in [0.2, 0.25) is 0 Å². The zero-order valence-electron chi connectivity index (χ0n) is 25.3. The van der Waals surface area contributed by atoms with Crippen molar-refractivity contribution in [1.82, 2.24) is 14.1 Å². The minimum Gasteiger partial charge on any atom is -0.309 e. The third-order valence-corrected chi connectivity index (χ3v) is 10.2. The van der Waals surface area contributed by atoms with Gasteiger partial charge in [-0.3, -0.25) is 0 Å². The fourth-order valence-corrected chi connectivity index (χ4v) is 7.98. The summed E-state index contributed by atoms with van der Waals surface area (Å²) in [5.41, 5.74) is 10.4. The first kappa shape index (κ1) is 26.7. The molecule has 0 aliphatic heterocycles. The van der Waals surface area contributed by atoms with E-state index in [-0.39, 0.29) is 0 Å². The van der Waals surface area contributed by atoms with E-state index >= 15 is 0 Å². The number of rotatable bonds is 5. The molecule has 3 nitrogen and oxygen atoms in total. The van der Waals surface area contributed by atoms with Gasteiger partial charge >= 0.3 is 0 Å². The highest BCUT2D eigenvalue weighted by Gasteiger charge is 2.18. The highest BCUT2D eigenvalue weighted by Crippen LogP contribution is 2.39. The summed E-state index contributed by atoms with van der Waals surface area (Å²) in [7, 11) is 0. The van der Waals surface area contributed by atoms with E-state index in [4.69, 9.17) is 4.98 Å². The van der Waals surface area contributed by atoms with Gasteiger partial charge in [-0.1, -0.05) is 97.6 Å². The zero-order chi connectivity index (χ0) is 30.8. The normalized spacial score (nSPS) is 12.2. The van der Waals surface area contributed by atoms with Gasteiger partial charge in [0.2, 0.25) is 0 Å². The van der Waals surface area contributed by atoms with Crippen LogP contribution in [-0.4, -0.2) is 14.1 Å². The van der Waals surface area contributed by atoms with Crippen LogP contribution in [0.1, 0.15) is 16.0 Å². The number of allylic oxidation sites excluding steroid dienone is 2. The molecule has 46 heavy (non-hydrogen) atoms. The molecule has 0 spiro atoms. The Morgan fingerprint density at radius 2 is 1.15 bits per heavy atom. The highest BCUT2D eigenvalue weighted by atomic mass is 32.1. The van der Waals surface area contributed by atoms with Gasteiger partial charge in [-0.2, -0.15) is 0 Å². The maximum absolute atomic E-state index is 5.00. The Kier molecular flexibility index (Phi) is 6.05. The average Bonchev–Trinajstić information content (AvgIpc) is 3.73. The minimum atomic E-state index is 1.04. The summed E-state index contributed by atoms with van der Waals surface area (Å²) >= 11 is 1.74. The summed E-state index contributed by atoms with van der Waals surface area (Å²) in [5, 5.41) is 6.13. The van der Waals surface area contributed by atoms with E-state index in [1.807, 2.05) is 18.3 Å². The van der Waals surface area contributed by atoms with Crippen LogP contribution in [0.15, 0.2) is 146 Å². The van der Waals surface area contributed by atoms with Crippen molar-refractivity contribution in [3.8, 4) is 11.4 Å². The number of para-hydroxylation sites is 3. The van der Waals surface area contributed by atoms with E-state index in [0.717, 1.165) is 43.8 Å². The molecule has 9 rings (SSSR count). The van der Waals surface area contributed by atoms with Gasteiger partial charge in [0.1, 0.15) is 4.83 Å². The van der Waals surface area contributed by atoms with E-state index < -0.39 is 0 Å². The smallest absolute Gasteiger partial charge is 0.124 e. The van der Waals surface area contributed by atoms with Crippen LogP contribution in [0.25, 0.3) is 76.9 Å². The van der Waals surface area contributed by atoms with Crippen molar-refractivity contribution in [1.29, 1.82) is 0 Å². The molecule has 0 saturated carbocycles. The summed E-state index contributed by atoms with van der Waals surface area (Å²) < 4.78 is 4.75. The van der Waals surface area contributed by atoms with Gasteiger partial charge in [0.15, 0.2) is 0 Å². The molecule has 218 valence electrons. The second-order valence-electron chi connectivity index (χ2n) is 11.7. The van der Waals surface area contributed by atoms with Crippen LogP contribution < -0.4 is 0 Å². The first-order valence-corrected chi connectivity index (χ1v) is 16.3. The molecule has 0 bridgehead atoms. The minimum absolute atomic E-state index is 1.04. The maximum atomic E-state index is 5.00. The van der Waals surface area contributed by atoms with E-state index in [1.54, 1.807) is 11.3 Å². The third kappa shape index (κ3) is 4.01. The summed E-state index contributed by atoms with van der Waals surface area (Å²) in [4.78, 5) is 7.29. The molecule has 9 aromatic rings. The SMILES string of the molecule is C=C/C(=C\c1c(C)sc2ncc(-n3c4ccccc4c4cc(-n5c6ccccc6c6ccccc65)ccc43)cc12)c1ccccc1. The molecule has 4 heteroatoms. The number of benzene rings is 5. The van der Waals surface area contributed by atoms with E-state index in [2.05, 4.69) is 150 Å². The van der Waals surface area contributed by atoms with Gasteiger partial charge in [-0.25, -0.2) is 4.98 Å². The van der Waals surface area contributed by atoms with Crippen molar-refractivity contribution < 1.29 is 0 Å². The molecule has 0 aliphatic rings. The quantitative estimate of drug-likeness (QED) is 0.179. The number of pyridine rings is 1. The average molecular weight is 608 g/mol. The molecule has 0 amide bonds. The van der Waals surface area contributed by atoms with Crippen LogP contribution in [-0.2, 0) is 0 Å². The lowest BCUT2D eigenvalue weighted by molar-refractivity contribution is 1.15. The predicted molar refractivity (Wildman–Crippen MR) is 198 cm³/mol. The number of aromatic nitrogens is 3. The van der Waals surface area contributed by atoms with Crippen LogP contribution in [0.4, 0.5) is 0 Å². The molecule has 0 unspecified atom stereocenters. The predicted octanol–water partition coefficient (Wildman–Crippen LogP) is 11.5. The Labute approximate surface area is 270 Å². The monoisotopic (exact) mass is 607 g/mol. The molecule has 0 radical (unpaired) electrons. The van der Waals surface area contributed by atoms with Crippen LogP contribution >= 0.6 is 11.3 Å². The van der Waals surface area contributed by atoms with Gasteiger partial charge in [0, 0.05) is 37.5 Å². The van der Waals surface area contributed by atoms with Gasteiger partial charge in [-0.05, 0) is 72.2 Å². The molecular formula is C42H29N3S. The van der Waals surface area contributed by atoms with Crippen molar-refractivity contribution in [3.05, 3.63) is 162 Å². The van der Waals surface area contributed by atoms with Gasteiger partial charge in [0.05, 0.1) is 34.0 Å². The van der Waals surface area contributed by atoms with Crippen molar-refractivity contribution in [2.24, 2.45) is 0 Å². The lowest BCUT2D eigenvalue weighted by Gasteiger charge is -2.10. The van der Waals surface area contributed by atoms with Gasteiger partial charge in [-0.15, -0.1) is 11.3 Å².